The Morgan fingerprint density at radius 2 is 1.22 bits per heavy atom. The number of azo groups is 1. The lowest BCUT2D eigenvalue weighted by atomic mass is 10.2. The van der Waals surface area contributed by atoms with Crippen LogP contribution in [0.1, 0.15) is 27.7 Å². The van der Waals surface area contributed by atoms with Crippen molar-refractivity contribution in [1.82, 2.24) is 9.80 Å². The molecule has 0 aliphatic carbocycles. The third-order valence-corrected chi connectivity index (χ3v) is 3.33. The van der Waals surface area contributed by atoms with Gasteiger partial charge in [-0.1, -0.05) is 0 Å². The predicted molar refractivity (Wildman–Crippen MR) is 73.1 cm³/mol. The van der Waals surface area contributed by atoms with E-state index in [4.69, 9.17) is 0 Å². The number of hydrogen-bond acceptors (Lipinski definition) is 6. The summed E-state index contributed by atoms with van der Waals surface area (Å²) >= 11 is 0. The van der Waals surface area contributed by atoms with E-state index < -0.39 is 0 Å². The van der Waals surface area contributed by atoms with Crippen molar-refractivity contribution >= 4 is 12.7 Å². The van der Waals surface area contributed by atoms with Crippen molar-refractivity contribution in [2.45, 2.75) is 39.0 Å². The maximum Gasteiger partial charge on any atom is 0.147 e. The van der Waals surface area contributed by atoms with Gasteiger partial charge >= 0.3 is 0 Å². The van der Waals surface area contributed by atoms with Crippen molar-refractivity contribution in [3.05, 3.63) is 0 Å². The zero-order chi connectivity index (χ0) is 13.2. The summed E-state index contributed by atoms with van der Waals surface area (Å²) in [6, 6.07) is 0. The molecule has 0 saturated heterocycles. The lowest BCUT2D eigenvalue weighted by Crippen LogP contribution is -2.43. The van der Waals surface area contributed by atoms with Crippen molar-refractivity contribution in [3.63, 3.8) is 0 Å². The molecule has 100 valence electrons. The fourth-order valence-corrected chi connectivity index (χ4v) is 1.95. The molecule has 6 heteroatoms. The first-order chi connectivity index (χ1) is 8.42. The minimum atomic E-state index is -0.339. The van der Waals surface area contributed by atoms with E-state index >= 15 is 0 Å². The van der Waals surface area contributed by atoms with Gasteiger partial charge in [-0.15, -0.1) is 0 Å². The molecule has 0 atom stereocenters. The first-order valence-corrected chi connectivity index (χ1v) is 6.39. The zero-order valence-corrected chi connectivity index (χ0v) is 11.7. The highest BCUT2D eigenvalue weighted by Crippen LogP contribution is 2.22. The molecule has 0 amide bonds. The van der Waals surface area contributed by atoms with Crippen molar-refractivity contribution in [2.24, 2.45) is 20.2 Å². The predicted octanol–water partition coefficient (Wildman–Crippen LogP) is 1.60. The van der Waals surface area contributed by atoms with Crippen molar-refractivity contribution in [3.8, 4) is 0 Å². The van der Waals surface area contributed by atoms with Crippen LogP contribution < -0.4 is 0 Å². The fraction of sp³-hybridized carbons (Fsp3) is 0.833. The van der Waals surface area contributed by atoms with Gasteiger partial charge in [-0.2, -0.15) is 10.2 Å². The highest BCUT2D eigenvalue weighted by atomic mass is 15.4. The molecule has 2 aliphatic heterocycles. The Morgan fingerprint density at radius 1 is 0.833 bits per heavy atom. The van der Waals surface area contributed by atoms with Crippen LogP contribution in [0.3, 0.4) is 0 Å². The second-order valence-corrected chi connectivity index (χ2v) is 5.62. The van der Waals surface area contributed by atoms with Crippen molar-refractivity contribution in [2.75, 3.05) is 26.2 Å². The van der Waals surface area contributed by atoms with Crippen LogP contribution in [0, 0.1) is 0 Å². The lowest BCUT2D eigenvalue weighted by molar-refractivity contribution is 0.192. The summed E-state index contributed by atoms with van der Waals surface area (Å²) in [5, 5.41) is 9.02. The van der Waals surface area contributed by atoms with E-state index in [0.717, 1.165) is 26.2 Å². The summed E-state index contributed by atoms with van der Waals surface area (Å²) in [6.07, 6.45) is 3.73. The SMILES string of the molecule is CC(C)(N=NC(C)(C)N1C=NCC1)N1C=NCC1. The molecule has 18 heavy (non-hydrogen) atoms. The third-order valence-electron chi connectivity index (χ3n) is 3.33. The Morgan fingerprint density at radius 3 is 1.50 bits per heavy atom. The Kier molecular flexibility index (Phi) is 3.36. The van der Waals surface area contributed by atoms with Crippen LogP contribution in [0.4, 0.5) is 0 Å². The van der Waals surface area contributed by atoms with E-state index in [1.807, 2.05) is 12.7 Å². The number of nitrogens with zero attached hydrogens (tertiary/aromatic N) is 6. The molecular formula is C12H22N6. The molecule has 0 aromatic carbocycles. The van der Waals surface area contributed by atoms with Crippen LogP contribution in [0.25, 0.3) is 0 Å². The maximum absolute atomic E-state index is 4.51. The van der Waals surface area contributed by atoms with Gasteiger partial charge < -0.3 is 9.80 Å². The van der Waals surface area contributed by atoms with Crippen LogP contribution in [0.15, 0.2) is 20.2 Å². The van der Waals surface area contributed by atoms with Gasteiger partial charge in [0.1, 0.15) is 11.3 Å². The first-order valence-electron chi connectivity index (χ1n) is 6.39. The van der Waals surface area contributed by atoms with E-state index in [2.05, 4.69) is 57.7 Å². The monoisotopic (exact) mass is 250 g/mol. The first kappa shape index (κ1) is 13.0. The van der Waals surface area contributed by atoms with Crippen LogP contribution >= 0.6 is 0 Å². The molecule has 0 N–H and O–H groups in total. The normalized spacial score (nSPS) is 20.7. The number of aliphatic imine (C=N–C) groups is 2. The topological polar surface area (TPSA) is 55.9 Å². The quantitative estimate of drug-likeness (QED) is 0.712. The second kappa shape index (κ2) is 4.66. The Labute approximate surface area is 108 Å². The molecule has 6 nitrogen and oxygen atoms in total. The second-order valence-electron chi connectivity index (χ2n) is 5.62. The van der Waals surface area contributed by atoms with E-state index in [-0.39, 0.29) is 11.3 Å². The molecule has 0 bridgehead atoms. The van der Waals surface area contributed by atoms with Crippen molar-refractivity contribution in [1.29, 1.82) is 0 Å². The van der Waals surface area contributed by atoms with Gasteiger partial charge in [-0.3, -0.25) is 9.98 Å². The molecule has 0 unspecified atom stereocenters. The Hall–Kier alpha value is -1.46. The standard InChI is InChI=1S/C12H22N6/c1-11(2,17-7-5-13-9-17)15-16-12(3,4)18-8-6-14-10-18/h9-10H,5-8H2,1-4H3. The average Bonchev–Trinajstić information content (AvgIpc) is 2.99. The fourth-order valence-electron chi connectivity index (χ4n) is 1.95. The molecule has 0 saturated carbocycles. The van der Waals surface area contributed by atoms with Crippen molar-refractivity contribution < 1.29 is 0 Å². The van der Waals surface area contributed by atoms with Gasteiger partial charge in [0.25, 0.3) is 0 Å². The van der Waals surface area contributed by atoms with Crippen LogP contribution in [0.5, 0.6) is 0 Å². The molecule has 2 aliphatic rings. The maximum atomic E-state index is 4.51. The van der Waals surface area contributed by atoms with Crippen LogP contribution in [0.2, 0.25) is 0 Å². The van der Waals surface area contributed by atoms with E-state index in [0.29, 0.717) is 0 Å². The molecule has 0 radical (unpaired) electrons. The Bertz CT molecular complexity index is 346. The molecule has 0 aromatic heterocycles. The smallest absolute Gasteiger partial charge is 0.147 e. The summed E-state index contributed by atoms with van der Waals surface area (Å²) in [4.78, 5) is 12.7. The minimum Gasteiger partial charge on any atom is -0.336 e. The zero-order valence-electron chi connectivity index (χ0n) is 11.7. The number of hydrogen-bond donors (Lipinski definition) is 0. The number of rotatable bonds is 4. The molecule has 0 spiro atoms. The van der Waals surface area contributed by atoms with E-state index in [1.54, 1.807) is 0 Å². The van der Waals surface area contributed by atoms with Gasteiger partial charge in [-0.05, 0) is 27.7 Å². The largest absolute Gasteiger partial charge is 0.336 e. The molecule has 0 fully saturated rings. The third kappa shape index (κ3) is 2.68. The summed E-state index contributed by atoms with van der Waals surface area (Å²) in [5.41, 5.74) is -0.678. The molecule has 2 rings (SSSR count). The Balaban J connectivity index is 2.04. The highest BCUT2D eigenvalue weighted by Gasteiger charge is 2.30. The summed E-state index contributed by atoms with van der Waals surface area (Å²) in [6.45, 7) is 11.8. The van der Waals surface area contributed by atoms with E-state index in [9.17, 15) is 0 Å². The summed E-state index contributed by atoms with van der Waals surface area (Å²) in [7, 11) is 0. The molecule has 0 aromatic rings. The van der Waals surface area contributed by atoms with Gasteiger partial charge in [-0.25, -0.2) is 0 Å². The van der Waals surface area contributed by atoms with Gasteiger partial charge in [0.15, 0.2) is 0 Å². The highest BCUT2D eigenvalue weighted by molar-refractivity contribution is 5.58. The summed E-state index contributed by atoms with van der Waals surface area (Å²) in [5.74, 6) is 0. The van der Waals surface area contributed by atoms with Gasteiger partial charge in [0.05, 0.1) is 25.8 Å². The molecular weight excluding hydrogens is 228 g/mol. The molecule has 2 heterocycles. The lowest BCUT2D eigenvalue weighted by Gasteiger charge is -2.33. The van der Waals surface area contributed by atoms with Crippen LogP contribution in [-0.4, -0.2) is 60.0 Å². The van der Waals surface area contributed by atoms with E-state index in [1.165, 1.54) is 0 Å². The summed E-state index contributed by atoms with van der Waals surface area (Å²) < 4.78 is 0. The van der Waals surface area contributed by atoms with Gasteiger partial charge in [0, 0.05) is 13.1 Å². The van der Waals surface area contributed by atoms with Gasteiger partial charge in [0.2, 0.25) is 0 Å². The average molecular weight is 250 g/mol. The van der Waals surface area contributed by atoms with Crippen LogP contribution in [-0.2, 0) is 0 Å². The minimum absolute atomic E-state index is 0.339.